The summed E-state index contributed by atoms with van der Waals surface area (Å²) in [5.74, 6) is 9.91. The molecule has 0 saturated carbocycles. The van der Waals surface area contributed by atoms with Crippen molar-refractivity contribution >= 4 is 21.8 Å². The van der Waals surface area contributed by atoms with Gasteiger partial charge in [0.25, 0.3) is 5.91 Å². The minimum atomic E-state index is -3.84. The van der Waals surface area contributed by atoms with Crippen LogP contribution in [-0.2, 0) is 25.9 Å². The SMILES string of the molecule is C[C@@](CCN1Cc2cc(C#CC#CC3(O)CCOCC3)cn2C1=O)(C(=O)NO)S(C)(=O)=O. The van der Waals surface area contributed by atoms with Gasteiger partial charge in [-0.1, -0.05) is 11.8 Å². The van der Waals surface area contributed by atoms with E-state index in [0.717, 1.165) is 6.26 Å². The predicted molar refractivity (Wildman–Crippen MR) is 113 cm³/mol. The largest absolute Gasteiger partial charge is 0.381 e. The highest BCUT2D eigenvalue weighted by molar-refractivity contribution is 7.92. The lowest BCUT2D eigenvalue weighted by molar-refractivity contribution is -0.131. The van der Waals surface area contributed by atoms with Gasteiger partial charge in [-0.3, -0.25) is 14.6 Å². The molecule has 3 heterocycles. The van der Waals surface area contributed by atoms with E-state index in [1.54, 1.807) is 12.3 Å². The van der Waals surface area contributed by atoms with Gasteiger partial charge in [-0.15, -0.1) is 0 Å². The number of fused-ring (bicyclic) bond motifs is 1. The highest BCUT2D eigenvalue weighted by Gasteiger charge is 2.44. The first kappa shape index (κ1) is 23.8. The molecule has 0 aliphatic carbocycles. The van der Waals surface area contributed by atoms with Crippen LogP contribution in [-0.4, -0.2) is 76.5 Å². The topological polar surface area (TPSA) is 138 Å². The first-order valence-corrected chi connectivity index (χ1v) is 11.9. The van der Waals surface area contributed by atoms with Crippen LogP contribution in [0.3, 0.4) is 0 Å². The van der Waals surface area contributed by atoms with Crippen molar-refractivity contribution in [3.8, 4) is 23.7 Å². The molecule has 0 radical (unpaired) electrons. The lowest BCUT2D eigenvalue weighted by Crippen LogP contribution is -2.50. The Morgan fingerprint density at radius 3 is 2.62 bits per heavy atom. The first-order valence-electron chi connectivity index (χ1n) is 9.97. The Morgan fingerprint density at radius 1 is 1.34 bits per heavy atom. The highest BCUT2D eigenvalue weighted by atomic mass is 32.2. The third-order valence-corrected chi connectivity index (χ3v) is 7.90. The van der Waals surface area contributed by atoms with Crippen molar-refractivity contribution in [2.75, 3.05) is 26.0 Å². The second-order valence-corrected chi connectivity index (χ2v) is 10.6. The van der Waals surface area contributed by atoms with Gasteiger partial charge >= 0.3 is 6.03 Å². The highest BCUT2D eigenvalue weighted by Crippen LogP contribution is 2.25. The fourth-order valence-corrected chi connectivity index (χ4v) is 4.33. The Bertz CT molecular complexity index is 1140. The van der Waals surface area contributed by atoms with Gasteiger partial charge < -0.3 is 14.7 Å². The summed E-state index contributed by atoms with van der Waals surface area (Å²) in [5, 5.41) is 19.2. The monoisotopic (exact) mass is 463 g/mol. The fraction of sp³-hybridized carbons (Fsp3) is 0.524. The summed E-state index contributed by atoms with van der Waals surface area (Å²) in [7, 11) is -3.84. The van der Waals surface area contributed by atoms with E-state index >= 15 is 0 Å². The predicted octanol–water partition coefficient (Wildman–Crippen LogP) is -0.133. The number of sulfone groups is 1. The van der Waals surface area contributed by atoms with Crippen LogP contribution >= 0.6 is 0 Å². The first-order chi connectivity index (χ1) is 15.0. The maximum Gasteiger partial charge on any atom is 0.328 e. The van der Waals surface area contributed by atoms with E-state index in [0.29, 0.717) is 37.3 Å². The molecule has 32 heavy (non-hydrogen) atoms. The van der Waals surface area contributed by atoms with Crippen LogP contribution < -0.4 is 5.48 Å². The van der Waals surface area contributed by atoms with Gasteiger partial charge in [0.05, 0.1) is 19.8 Å². The number of hydrogen-bond donors (Lipinski definition) is 3. The third kappa shape index (κ3) is 4.81. The molecule has 0 bridgehead atoms. The lowest BCUT2D eigenvalue weighted by atomic mass is 9.95. The average molecular weight is 464 g/mol. The zero-order valence-electron chi connectivity index (χ0n) is 17.8. The molecule has 1 saturated heterocycles. The molecule has 2 aliphatic heterocycles. The number of carbonyl (C=O) groups excluding carboxylic acids is 2. The summed E-state index contributed by atoms with van der Waals surface area (Å²) in [6.45, 7) is 2.36. The molecule has 11 heteroatoms. The van der Waals surface area contributed by atoms with Gasteiger partial charge in [0.2, 0.25) is 0 Å². The molecule has 2 aliphatic rings. The number of nitrogens with one attached hydrogen (secondary N) is 1. The van der Waals surface area contributed by atoms with Gasteiger partial charge in [0.1, 0.15) is 5.60 Å². The molecule has 3 rings (SSSR count). The molecule has 10 nitrogen and oxygen atoms in total. The van der Waals surface area contributed by atoms with E-state index in [4.69, 9.17) is 9.94 Å². The van der Waals surface area contributed by atoms with Crippen molar-refractivity contribution in [2.45, 2.75) is 43.1 Å². The molecule has 1 aromatic rings. The number of aromatic nitrogens is 1. The molecular weight excluding hydrogens is 438 g/mol. The van der Waals surface area contributed by atoms with Gasteiger partial charge in [-0.05, 0) is 31.3 Å². The number of amides is 2. The average Bonchev–Trinajstić information content (AvgIpc) is 3.27. The number of hydrogen-bond acceptors (Lipinski definition) is 7. The Morgan fingerprint density at radius 2 is 2.03 bits per heavy atom. The molecule has 1 fully saturated rings. The molecule has 172 valence electrons. The Labute approximate surface area is 186 Å². The van der Waals surface area contributed by atoms with Crippen molar-refractivity contribution in [3.05, 3.63) is 23.5 Å². The summed E-state index contributed by atoms with van der Waals surface area (Å²) >= 11 is 0. The van der Waals surface area contributed by atoms with Crippen LogP contribution in [0, 0.1) is 23.7 Å². The van der Waals surface area contributed by atoms with E-state index in [1.165, 1.54) is 21.9 Å². The number of hydroxylamine groups is 1. The number of nitrogens with zero attached hydrogens (tertiary/aromatic N) is 2. The second kappa shape index (κ2) is 8.96. The van der Waals surface area contributed by atoms with Crippen molar-refractivity contribution in [3.63, 3.8) is 0 Å². The number of ether oxygens (including phenoxy) is 1. The summed E-state index contributed by atoms with van der Waals surface area (Å²) < 4.78 is 28.9. The molecular formula is C21H25N3O7S. The van der Waals surface area contributed by atoms with Crippen LogP contribution in [0.4, 0.5) is 4.79 Å². The Kier molecular flexibility index (Phi) is 6.67. The maximum absolute atomic E-state index is 12.7. The van der Waals surface area contributed by atoms with Crippen LogP contribution in [0.2, 0.25) is 0 Å². The summed E-state index contributed by atoms with van der Waals surface area (Å²) in [6.07, 6.45) is 3.17. The minimum Gasteiger partial charge on any atom is -0.381 e. The summed E-state index contributed by atoms with van der Waals surface area (Å²) in [6, 6.07) is 1.36. The molecule has 0 aromatic carbocycles. The number of aliphatic hydroxyl groups is 1. The standard InChI is InChI=1S/C21H25N3O7S/c1-20(18(25)22-28,32(2,29)30)7-10-23-15-17-13-16(14-24(17)19(23)26)5-3-4-6-21(27)8-11-31-12-9-21/h13-14,27-28H,7-12,15H2,1-2H3,(H,22,25)/t20-/m1/s1. The maximum atomic E-state index is 12.7. The van der Waals surface area contributed by atoms with Crippen molar-refractivity contribution in [1.29, 1.82) is 0 Å². The third-order valence-electron chi connectivity index (χ3n) is 5.87. The van der Waals surface area contributed by atoms with Crippen molar-refractivity contribution in [1.82, 2.24) is 14.9 Å². The molecule has 1 aromatic heterocycles. The van der Waals surface area contributed by atoms with E-state index in [-0.39, 0.29) is 25.5 Å². The smallest absolute Gasteiger partial charge is 0.328 e. The molecule has 3 N–H and O–H groups in total. The Hall–Kier alpha value is -2.83. The molecule has 0 unspecified atom stereocenters. The molecule has 0 spiro atoms. The normalized spacial score (nSPS) is 19.1. The van der Waals surface area contributed by atoms with E-state index < -0.39 is 26.1 Å². The summed E-state index contributed by atoms with van der Waals surface area (Å²) in [5.41, 5.74) is 1.56. The summed E-state index contributed by atoms with van der Waals surface area (Å²) in [4.78, 5) is 26.0. The zero-order chi connectivity index (χ0) is 23.6. The van der Waals surface area contributed by atoms with Crippen LogP contribution in [0.5, 0.6) is 0 Å². The van der Waals surface area contributed by atoms with E-state index in [9.17, 15) is 23.1 Å². The van der Waals surface area contributed by atoms with Gasteiger partial charge in [-0.2, -0.15) is 0 Å². The van der Waals surface area contributed by atoms with Gasteiger partial charge in [0, 0.05) is 43.1 Å². The van der Waals surface area contributed by atoms with E-state index in [2.05, 4.69) is 23.7 Å². The minimum absolute atomic E-state index is 0.00624. The van der Waals surface area contributed by atoms with Crippen molar-refractivity contribution in [2.24, 2.45) is 0 Å². The number of carbonyl (C=O) groups is 2. The van der Waals surface area contributed by atoms with Crippen LogP contribution in [0.25, 0.3) is 0 Å². The quantitative estimate of drug-likeness (QED) is 0.314. The molecule has 2 amide bonds. The van der Waals surface area contributed by atoms with Gasteiger partial charge in [0.15, 0.2) is 14.6 Å². The van der Waals surface area contributed by atoms with Crippen LogP contribution in [0.15, 0.2) is 12.3 Å². The van der Waals surface area contributed by atoms with Crippen LogP contribution in [0.1, 0.15) is 37.4 Å². The van der Waals surface area contributed by atoms with Crippen molar-refractivity contribution < 1.29 is 33.1 Å². The Balaban J connectivity index is 1.65. The van der Waals surface area contributed by atoms with Gasteiger partial charge in [-0.25, -0.2) is 18.7 Å². The molecule has 1 atom stereocenters. The lowest BCUT2D eigenvalue weighted by Gasteiger charge is -2.27. The zero-order valence-corrected chi connectivity index (χ0v) is 18.7. The fourth-order valence-electron chi connectivity index (χ4n) is 3.49. The van der Waals surface area contributed by atoms with E-state index in [1.807, 2.05) is 0 Å². The number of rotatable bonds is 5. The second-order valence-electron chi connectivity index (χ2n) is 8.13.